The molecule has 2 aromatic carbocycles. The molecule has 4 aliphatic rings. The Kier molecular flexibility index (Phi) is 5.32. The van der Waals surface area contributed by atoms with Crippen molar-refractivity contribution in [2.45, 2.75) is 32.0 Å². The molecule has 0 saturated carbocycles. The Morgan fingerprint density at radius 3 is 2.69 bits per heavy atom. The molecule has 0 spiro atoms. The van der Waals surface area contributed by atoms with Crippen LogP contribution in [0.5, 0.6) is 11.5 Å². The number of hydrogen-bond donors (Lipinski definition) is 1. The van der Waals surface area contributed by atoms with Gasteiger partial charge >= 0.3 is 0 Å². The molecule has 182 valence electrons. The molecule has 4 heterocycles. The second-order valence-corrected chi connectivity index (χ2v) is 9.27. The Morgan fingerprint density at radius 2 is 1.89 bits per heavy atom. The number of piperazine rings is 1. The Bertz CT molecular complexity index is 1230. The summed E-state index contributed by atoms with van der Waals surface area (Å²) in [6.45, 7) is 4.07. The van der Waals surface area contributed by atoms with Crippen LogP contribution in [-0.2, 0) is 22.7 Å². The number of halogens is 1. The molecule has 6 rings (SSSR count). The number of nitrogens with one attached hydrogen (secondary N) is 1. The van der Waals surface area contributed by atoms with Gasteiger partial charge in [-0.15, -0.1) is 0 Å². The van der Waals surface area contributed by atoms with Gasteiger partial charge in [0.15, 0.2) is 11.5 Å². The van der Waals surface area contributed by atoms with Crippen LogP contribution in [-0.4, -0.2) is 66.5 Å². The van der Waals surface area contributed by atoms with Gasteiger partial charge in [-0.25, -0.2) is 4.39 Å². The largest absolute Gasteiger partial charge is 0.454 e. The van der Waals surface area contributed by atoms with Gasteiger partial charge in [0.2, 0.25) is 18.6 Å². The molecule has 0 aromatic heterocycles. The first-order chi connectivity index (χ1) is 17.0. The fraction of sp³-hybridized carbons (Fsp3) is 0.400. The lowest BCUT2D eigenvalue weighted by Gasteiger charge is -2.37. The molecule has 0 bridgehead atoms. The molecule has 3 amide bonds. The summed E-state index contributed by atoms with van der Waals surface area (Å²) < 4.78 is 25.7. The lowest BCUT2D eigenvalue weighted by atomic mass is 10.0. The highest BCUT2D eigenvalue weighted by molar-refractivity contribution is 6.06. The number of fused-ring (bicyclic) bond motifs is 2. The molecule has 2 aromatic rings. The third-order valence-corrected chi connectivity index (χ3v) is 7.18. The Hall–Kier alpha value is -3.66. The van der Waals surface area contributed by atoms with Gasteiger partial charge in [-0.05, 0) is 24.6 Å². The van der Waals surface area contributed by atoms with Crippen LogP contribution in [0, 0.1) is 5.82 Å². The molecule has 9 nitrogen and oxygen atoms in total. The van der Waals surface area contributed by atoms with E-state index in [1.54, 1.807) is 0 Å². The number of rotatable bonds is 4. The first-order valence-corrected chi connectivity index (χ1v) is 11.8. The van der Waals surface area contributed by atoms with Gasteiger partial charge < -0.3 is 19.3 Å². The number of anilines is 1. The van der Waals surface area contributed by atoms with Gasteiger partial charge in [0.25, 0.3) is 5.91 Å². The van der Waals surface area contributed by atoms with Gasteiger partial charge in [0.1, 0.15) is 11.9 Å². The highest BCUT2D eigenvalue weighted by Gasteiger charge is 2.41. The van der Waals surface area contributed by atoms with E-state index in [2.05, 4.69) is 15.1 Å². The second-order valence-electron chi connectivity index (χ2n) is 9.27. The SMILES string of the molecule is O=C1CCC(N2Cc3c(cc(F)cc3N3CCN(Cc4cccc5c4OCO5)CC3)C2=O)C(=O)N1. The zero-order valence-electron chi connectivity index (χ0n) is 19.1. The molecule has 0 aliphatic carbocycles. The quantitative estimate of drug-likeness (QED) is 0.666. The van der Waals surface area contributed by atoms with Crippen molar-refractivity contribution in [3.8, 4) is 11.5 Å². The van der Waals surface area contributed by atoms with Crippen molar-refractivity contribution in [1.82, 2.24) is 15.1 Å². The molecule has 0 radical (unpaired) electrons. The molecule has 1 atom stereocenters. The fourth-order valence-electron chi connectivity index (χ4n) is 5.39. The van der Waals surface area contributed by atoms with Crippen molar-refractivity contribution in [3.63, 3.8) is 0 Å². The van der Waals surface area contributed by atoms with E-state index in [1.807, 2.05) is 18.2 Å². The molecule has 4 aliphatic heterocycles. The van der Waals surface area contributed by atoms with Gasteiger partial charge in [0, 0.05) is 68.1 Å². The number of nitrogens with zero attached hydrogens (tertiary/aromatic N) is 3. The average molecular weight is 480 g/mol. The van der Waals surface area contributed by atoms with E-state index in [9.17, 15) is 18.8 Å². The number of ether oxygens (including phenoxy) is 2. The minimum absolute atomic E-state index is 0.182. The van der Waals surface area contributed by atoms with E-state index in [0.717, 1.165) is 42.3 Å². The maximum atomic E-state index is 14.6. The minimum Gasteiger partial charge on any atom is -0.454 e. The van der Waals surface area contributed by atoms with Crippen LogP contribution in [0.25, 0.3) is 0 Å². The third-order valence-electron chi connectivity index (χ3n) is 7.18. The summed E-state index contributed by atoms with van der Waals surface area (Å²) in [5, 5.41) is 2.30. The first-order valence-electron chi connectivity index (χ1n) is 11.8. The normalized spacial score (nSPS) is 22.0. The maximum Gasteiger partial charge on any atom is 0.255 e. The van der Waals surface area contributed by atoms with Gasteiger partial charge in [-0.3, -0.25) is 24.6 Å². The van der Waals surface area contributed by atoms with Gasteiger partial charge in [-0.2, -0.15) is 0 Å². The number of piperidine rings is 1. The molecule has 35 heavy (non-hydrogen) atoms. The lowest BCUT2D eigenvalue weighted by Crippen LogP contribution is -2.52. The van der Waals surface area contributed by atoms with Crippen LogP contribution in [0.1, 0.15) is 34.3 Å². The van der Waals surface area contributed by atoms with Crippen molar-refractivity contribution in [3.05, 3.63) is 52.8 Å². The van der Waals surface area contributed by atoms with E-state index in [4.69, 9.17) is 9.47 Å². The lowest BCUT2D eigenvalue weighted by molar-refractivity contribution is -0.136. The third kappa shape index (κ3) is 3.87. The zero-order chi connectivity index (χ0) is 24.1. The monoisotopic (exact) mass is 480 g/mol. The number of carbonyl (C=O) groups excluding carboxylic acids is 3. The topological polar surface area (TPSA) is 91.4 Å². The number of benzene rings is 2. The minimum atomic E-state index is -0.723. The number of para-hydroxylation sites is 1. The summed E-state index contributed by atoms with van der Waals surface area (Å²) in [6, 6.07) is 7.90. The van der Waals surface area contributed by atoms with Crippen molar-refractivity contribution in [2.24, 2.45) is 0 Å². The smallest absolute Gasteiger partial charge is 0.255 e. The summed E-state index contributed by atoms with van der Waals surface area (Å²) in [5.74, 6) is -0.0864. The van der Waals surface area contributed by atoms with E-state index < -0.39 is 17.8 Å². The molecule has 1 N–H and O–H groups in total. The van der Waals surface area contributed by atoms with Gasteiger partial charge in [0.05, 0.1) is 0 Å². The number of imide groups is 1. The average Bonchev–Trinajstić information content (AvgIpc) is 3.45. The summed E-state index contributed by atoms with van der Waals surface area (Å²) in [5.41, 5.74) is 2.80. The first kappa shape index (κ1) is 21.8. The molecule has 2 saturated heterocycles. The van der Waals surface area contributed by atoms with Crippen molar-refractivity contribution in [2.75, 3.05) is 37.9 Å². The molecular formula is C25H25FN4O5. The summed E-state index contributed by atoms with van der Waals surface area (Å²) in [6.07, 6.45) is 0.459. The van der Waals surface area contributed by atoms with Crippen LogP contribution in [0.2, 0.25) is 0 Å². The zero-order valence-corrected chi connectivity index (χ0v) is 19.1. The van der Waals surface area contributed by atoms with Crippen molar-refractivity contribution >= 4 is 23.4 Å². The van der Waals surface area contributed by atoms with E-state index in [-0.39, 0.29) is 38.0 Å². The summed E-state index contributed by atoms with van der Waals surface area (Å²) >= 11 is 0. The number of carbonyl (C=O) groups is 3. The highest BCUT2D eigenvalue weighted by atomic mass is 19.1. The van der Waals surface area contributed by atoms with E-state index >= 15 is 0 Å². The Labute approximate surface area is 201 Å². The second kappa shape index (κ2) is 8.53. The van der Waals surface area contributed by atoms with Crippen molar-refractivity contribution in [1.29, 1.82) is 0 Å². The predicted molar refractivity (Wildman–Crippen MR) is 123 cm³/mol. The standard InChI is InChI=1S/C25H25FN4O5/c26-16-10-17-18(13-30(25(17)33)19-4-5-22(31)27-24(19)32)20(11-16)29-8-6-28(7-9-29)12-15-2-1-3-21-23(15)35-14-34-21/h1-3,10-11,19H,4-9,12-14H2,(H,27,31,32). The fourth-order valence-corrected chi connectivity index (χ4v) is 5.39. The number of hydrogen-bond acceptors (Lipinski definition) is 7. The van der Waals surface area contributed by atoms with Gasteiger partial charge in [-0.1, -0.05) is 12.1 Å². The van der Waals surface area contributed by atoms with Crippen LogP contribution in [0.4, 0.5) is 10.1 Å². The molecule has 10 heteroatoms. The molecular weight excluding hydrogens is 455 g/mol. The predicted octanol–water partition coefficient (Wildman–Crippen LogP) is 1.64. The van der Waals surface area contributed by atoms with Crippen LogP contribution >= 0.6 is 0 Å². The molecule has 2 fully saturated rings. The Balaban J connectivity index is 1.17. The summed E-state index contributed by atoms with van der Waals surface area (Å²) in [7, 11) is 0. The van der Waals surface area contributed by atoms with Crippen molar-refractivity contribution < 1.29 is 28.2 Å². The summed E-state index contributed by atoms with van der Waals surface area (Å²) in [4.78, 5) is 42.9. The van der Waals surface area contributed by atoms with Crippen LogP contribution in [0.15, 0.2) is 30.3 Å². The Morgan fingerprint density at radius 1 is 1.06 bits per heavy atom. The number of amides is 3. The molecule has 1 unspecified atom stereocenters. The van der Waals surface area contributed by atoms with Crippen LogP contribution in [0.3, 0.4) is 0 Å². The van der Waals surface area contributed by atoms with E-state index in [0.29, 0.717) is 24.3 Å². The maximum absolute atomic E-state index is 14.6. The van der Waals surface area contributed by atoms with E-state index in [1.165, 1.54) is 17.0 Å². The highest BCUT2D eigenvalue weighted by Crippen LogP contribution is 2.37. The van der Waals surface area contributed by atoms with Crippen LogP contribution < -0.4 is 19.7 Å².